The molecule has 6 nitrogen and oxygen atoms in total. The summed E-state index contributed by atoms with van der Waals surface area (Å²) < 4.78 is 26.3. The Morgan fingerprint density at radius 1 is 1.11 bits per heavy atom. The lowest BCUT2D eigenvalue weighted by atomic mass is 10.1. The van der Waals surface area contributed by atoms with E-state index in [9.17, 15) is 13.2 Å². The average Bonchev–Trinajstić information content (AvgIpc) is 3.20. The van der Waals surface area contributed by atoms with Crippen molar-refractivity contribution in [3.05, 3.63) is 64.2 Å². The van der Waals surface area contributed by atoms with Crippen molar-refractivity contribution in [2.75, 3.05) is 20.1 Å². The molecule has 2 aromatic rings. The number of nitrogens with zero attached hydrogens (tertiary/aromatic N) is 1. The molecule has 28 heavy (non-hydrogen) atoms. The molecule has 1 aliphatic rings. The zero-order valence-corrected chi connectivity index (χ0v) is 17.3. The fraction of sp³-hybridized carbons (Fsp3) is 0.350. The maximum Gasteiger partial charge on any atom is 0.251 e. The number of hydrogen-bond acceptors (Lipinski definition) is 4. The van der Waals surface area contributed by atoms with Crippen molar-refractivity contribution in [3.63, 3.8) is 0 Å². The number of likely N-dealkylation sites (tertiary alicyclic amines) is 1. The quantitative estimate of drug-likeness (QED) is 0.720. The Hall–Kier alpha value is -1.93. The van der Waals surface area contributed by atoms with Gasteiger partial charge in [-0.2, -0.15) is 0 Å². The lowest BCUT2D eigenvalue weighted by Crippen LogP contribution is -2.25. The predicted molar refractivity (Wildman–Crippen MR) is 110 cm³/mol. The highest BCUT2D eigenvalue weighted by Gasteiger charge is 2.19. The number of halogens is 1. The minimum atomic E-state index is -3.74. The van der Waals surface area contributed by atoms with Crippen molar-refractivity contribution >= 4 is 27.5 Å². The maximum atomic E-state index is 12.6. The van der Waals surface area contributed by atoms with E-state index in [1.165, 1.54) is 43.7 Å². The second-order valence-corrected chi connectivity index (χ2v) is 9.05. The molecule has 0 unspecified atom stereocenters. The van der Waals surface area contributed by atoms with Gasteiger partial charge in [0.2, 0.25) is 10.0 Å². The molecule has 1 amide bonds. The molecule has 8 heteroatoms. The molecule has 2 N–H and O–H groups in total. The molecule has 2 aromatic carbocycles. The van der Waals surface area contributed by atoms with Crippen LogP contribution in [0, 0.1) is 0 Å². The lowest BCUT2D eigenvalue weighted by Gasteiger charge is -2.18. The molecule has 1 fully saturated rings. The zero-order chi connectivity index (χ0) is 20.1. The highest BCUT2D eigenvalue weighted by Crippen LogP contribution is 2.22. The third kappa shape index (κ3) is 4.91. The van der Waals surface area contributed by atoms with Gasteiger partial charge in [-0.25, -0.2) is 13.1 Å². The summed E-state index contributed by atoms with van der Waals surface area (Å²) in [5, 5.41) is 2.95. The molecule has 1 aliphatic heterocycles. The molecule has 0 spiro atoms. The Morgan fingerprint density at radius 3 is 2.46 bits per heavy atom. The Balaban J connectivity index is 1.72. The van der Waals surface area contributed by atoms with Crippen LogP contribution in [0.5, 0.6) is 0 Å². The minimum absolute atomic E-state index is 0.0712. The summed E-state index contributed by atoms with van der Waals surface area (Å²) in [4.78, 5) is 14.9. The van der Waals surface area contributed by atoms with Crippen molar-refractivity contribution < 1.29 is 13.2 Å². The van der Waals surface area contributed by atoms with Crippen molar-refractivity contribution in [2.45, 2.75) is 30.8 Å². The van der Waals surface area contributed by atoms with E-state index in [1.807, 2.05) is 18.2 Å². The number of rotatable bonds is 7. The van der Waals surface area contributed by atoms with Crippen LogP contribution < -0.4 is 10.0 Å². The molecular formula is C20H24ClN3O3S. The van der Waals surface area contributed by atoms with Crippen molar-refractivity contribution in [2.24, 2.45) is 0 Å². The highest BCUT2D eigenvalue weighted by molar-refractivity contribution is 7.89. The van der Waals surface area contributed by atoms with E-state index in [-0.39, 0.29) is 21.4 Å². The molecule has 1 saturated heterocycles. The van der Waals surface area contributed by atoms with Crippen LogP contribution in [0.15, 0.2) is 47.4 Å². The van der Waals surface area contributed by atoms with Gasteiger partial charge in [-0.15, -0.1) is 0 Å². The fourth-order valence-electron chi connectivity index (χ4n) is 3.30. The van der Waals surface area contributed by atoms with Crippen LogP contribution in [-0.2, 0) is 23.1 Å². The van der Waals surface area contributed by atoms with Crippen molar-refractivity contribution in [3.8, 4) is 0 Å². The normalized spacial score (nSPS) is 14.9. The second-order valence-electron chi connectivity index (χ2n) is 6.79. The van der Waals surface area contributed by atoms with Gasteiger partial charge in [0.05, 0.1) is 5.02 Å². The van der Waals surface area contributed by atoms with Gasteiger partial charge < -0.3 is 5.32 Å². The maximum absolute atomic E-state index is 12.6. The smallest absolute Gasteiger partial charge is 0.251 e. The van der Waals surface area contributed by atoms with Gasteiger partial charge in [0, 0.05) is 18.7 Å². The van der Waals surface area contributed by atoms with E-state index in [1.54, 1.807) is 0 Å². The van der Waals surface area contributed by atoms with Crippen molar-refractivity contribution in [1.29, 1.82) is 0 Å². The molecule has 0 aliphatic carbocycles. The summed E-state index contributed by atoms with van der Waals surface area (Å²) in [5.41, 5.74) is 2.49. The summed E-state index contributed by atoms with van der Waals surface area (Å²) in [6.07, 6.45) is 2.46. The van der Waals surface area contributed by atoms with Crippen LogP contribution in [-0.4, -0.2) is 39.4 Å². The zero-order valence-electron chi connectivity index (χ0n) is 15.7. The Morgan fingerprint density at radius 2 is 1.79 bits per heavy atom. The van der Waals surface area contributed by atoms with Gasteiger partial charge in [-0.1, -0.05) is 35.9 Å². The highest BCUT2D eigenvalue weighted by atomic mass is 35.5. The van der Waals surface area contributed by atoms with E-state index in [2.05, 4.69) is 21.0 Å². The number of carbonyl (C=O) groups is 1. The van der Waals surface area contributed by atoms with Crippen LogP contribution in [0.2, 0.25) is 5.02 Å². The number of sulfonamides is 1. The number of amides is 1. The van der Waals surface area contributed by atoms with E-state index in [0.717, 1.165) is 25.2 Å². The molecular weight excluding hydrogens is 398 g/mol. The first kappa shape index (κ1) is 20.8. The Bertz CT molecular complexity index is 957. The third-order valence-corrected chi connectivity index (χ3v) is 6.80. The lowest BCUT2D eigenvalue weighted by molar-refractivity contribution is 0.0950. The van der Waals surface area contributed by atoms with Crippen LogP contribution in [0.4, 0.5) is 0 Å². The summed E-state index contributed by atoms with van der Waals surface area (Å²) in [7, 11) is -2.44. The number of carbonyl (C=O) groups excluding carboxylic acids is 1. The standard InChI is InChI=1S/C20H24ClN3O3S/c1-22-28(26,27)19-12-15(8-9-18(19)21)20(25)23-13-16-6-2-3-7-17(16)14-24-10-4-5-11-24/h2-3,6-9,12,22H,4-5,10-11,13-14H2,1H3,(H,23,25). The molecule has 0 atom stereocenters. The molecule has 3 rings (SSSR count). The first-order valence-corrected chi connectivity index (χ1v) is 11.1. The van der Waals surface area contributed by atoms with Gasteiger partial charge in [-0.3, -0.25) is 9.69 Å². The third-order valence-electron chi connectivity index (χ3n) is 4.90. The van der Waals surface area contributed by atoms with Crippen LogP contribution in [0.3, 0.4) is 0 Å². The molecule has 1 heterocycles. The summed E-state index contributed by atoms with van der Waals surface area (Å²) in [6, 6.07) is 12.3. The largest absolute Gasteiger partial charge is 0.348 e. The molecule has 150 valence electrons. The summed E-state index contributed by atoms with van der Waals surface area (Å²) in [6.45, 7) is 3.46. The van der Waals surface area contributed by atoms with Gasteiger partial charge in [0.15, 0.2) is 0 Å². The molecule has 0 radical (unpaired) electrons. The van der Waals surface area contributed by atoms with E-state index >= 15 is 0 Å². The molecule has 0 aromatic heterocycles. The Labute approximate surface area is 170 Å². The van der Waals surface area contributed by atoms with Crippen LogP contribution in [0.1, 0.15) is 34.3 Å². The van der Waals surface area contributed by atoms with Gasteiger partial charge in [-0.05, 0) is 62.3 Å². The first-order valence-electron chi connectivity index (χ1n) is 9.21. The first-order chi connectivity index (χ1) is 13.4. The Kier molecular flexibility index (Phi) is 6.72. The fourth-order valence-corrected chi connectivity index (χ4v) is 4.55. The molecule has 0 bridgehead atoms. The van der Waals surface area contributed by atoms with Gasteiger partial charge in [0.25, 0.3) is 5.91 Å². The monoisotopic (exact) mass is 421 g/mol. The predicted octanol–water partition coefficient (Wildman–Crippen LogP) is 2.77. The van der Waals surface area contributed by atoms with Gasteiger partial charge >= 0.3 is 0 Å². The number of hydrogen-bond donors (Lipinski definition) is 2. The number of nitrogens with one attached hydrogen (secondary N) is 2. The summed E-state index contributed by atoms with van der Waals surface area (Å²) >= 11 is 5.98. The molecule has 0 saturated carbocycles. The van der Waals surface area contributed by atoms with Crippen LogP contribution >= 0.6 is 11.6 Å². The number of benzene rings is 2. The van der Waals surface area contributed by atoms with Crippen LogP contribution in [0.25, 0.3) is 0 Å². The topological polar surface area (TPSA) is 78.5 Å². The van der Waals surface area contributed by atoms with E-state index in [4.69, 9.17) is 11.6 Å². The summed E-state index contributed by atoms with van der Waals surface area (Å²) in [5.74, 6) is -0.347. The SMILES string of the molecule is CNS(=O)(=O)c1cc(C(=O)NCc2ccccc2CN2CCCC2)ccc1Cl. The average molecular weight is 422 g/mol. The van der Waals surface area contributed by atoms with E-state index < -0.39 is 10.0 Å². The van der Waals surface area contributed by atoms with Gasteiger partial charge in [0.1, 0.15) is 4.90 Å². The van der Waals surface area contributed by atoms with E-state index in [0.29, 0.717) is 6.54 Å². The van der Waals surface area contributed by atoms with Crippen molar-refractivity contribution in [1.82, 2.24) is 14.9 Å². The second kappa shape index (κ2) is 9.05. The minimum Gasteiger partial charge on any atom is -0.348 e.